The fraction of sp³-hybridized carbons (Fsp3) is 0. The van der Waals surface area contributed by atoms with Crippen LogP contribution in [0.3, 0.4) is 0 Å². The quantitative estimate of drug-likeness (QED) is 0.278. The summed E-state index contributed by atoms with van der Waals surface area (Å²) >= 11 is 15.3. The molecule has 104 valence electrons. The van der Waals surface area contributed by atoms with Gasteiger partial charge in [-0.1, -0.05) is 34.4 Å². The Bertz CT molecular complexity index is 680. The fourth-order valence-corrected chi connectivity index (χ4v) is 2.19. The second-order valence-electron chi connectivity index (χ2n) is 3.65. The molecule has 0 aliphatic carbocycles. The Morgan fingerprint density at radius 3 is 2.75 bits per heavy atom. The Labute approximate surface area is 133 Å². The number of aromatic nitrogens is 1. The highest BCUT2D eigenvalue weighted by Crippen LogP contribution is 2.36. The molecule has 3 N–H and O–H groups in total. The van der Waals surface area contributed by atoms with Crippen molar-refractivity contribution < 1.29 is 9.94 Å². The van der Waals surface area contributed by atoms with Crippen LogP contribution in [0.5, 0.6) is 11.6 Å². The summed E-state index contributed by atoms with van der Waals surface area (Å²) in [5.41, 5.74) is 5.74. The smallest absolute Gasteiger partial charge is 0.219 e. The first-order chi connectivity index (χ1) is 9.51. The lowest BCUT2D eigenvalue weighted by Gasteiger charge is -2.09. The Hall–Kier alpha value is -1.50. The normalized spacial score (nSPS) is 11.4. The van der Waals surface area contributed by atoms with E-state index >= 15 is 0 Å². The van der Waals surface area contributed by atoms with Gasteiger partial charge in [0, 0.05) is 16.6 Å². The van der Waals surface area contributed by atoms with Gasteiger partial charge >= 0.3 is 0 Å². The molecule has 0 aliphatic heterocycles. The third-order valence-electron chi connectivity index (χ3n) is 2.28. The monoisotopic (exact) mass is 375 g/mol. The molecule has 8 heteroatoms. The van der Waals surface area contributed by atoms with Crippen LogP contribution in [0.25, 0.3) is 0 Å². The summed E-state index contributed by atoms with van der Waals surface area (Å²) in [6.45, 7) is 0. The first-order valence-corrected chi connectivity index (χ1v) is 6.83. The second kappa shape index (κ2) is 6.30. The van der Waals surface area contributed by atoms with Gasteiger partial charge < -0.3 is 15.7 Å². The molecule has 0 aliphatic rings. The standard InChI is InChI=1S/C12H8BrCl2N3O2/c13-6-4-8(15)10(5-7(6)14)20-11-3-1-2-9(17-11)12(16)18-19/h1-5,19H,(H2,16,18). The third kappa shape index (κ3) is 3.33. The molecule has 5 nitrogen and oxygen atoms in total. The molecule has 0 fully saturated rings. The number of rotatable bonds is 3. The highest BCUT2D eigenvalue weighted by molar-refractivity contribution is 9.10. The molecule has 2 rings (SSSR count). The van der Waals surface area contributed by atoms with E-state index in [1.165, 1.54) is 0 Å². The zero-order valence-electron chi connectivity index (χ0n) is 9.85. The molecular weight excluding hydrogens is 369 g/mol. The van der Waals surface area contributed by atoms with E-state index in [4.69, 9.17) is 38.9 Å². The van der Waals surface area contributed by atoms with Gasteiger partial charge in [-0.15, -0.1) is 0 Å². The van der Waals surface area contributed by atoms with Crippen LogP contribution in [0.1, 0.15) is 5.69 Å². The predicted molar refractivity (Wildman–Crippen MR) is 81.0 cm³/mol. The van der Waals surface area contributed by atoms with Crippen molar-refractivity contribution in [1.82, 2.24) is 4.98 Å². The first-order valence-electron chi connectivity index (χ1n) is 5.28. The van der Waals surface area contributed by atoms with Crippen LogP contribution in [0.4, 0.5) is 0 Å². The molecule has 1 aromatic carbocycles. The van der Waals surface area contributed by atoms with Crippen molar-refractivity contribution in [3.05, 3.63) is 50.5 Å². The average molecular weight is 377 g/mol. The van der Waals surface area contributed by atoms with Crippen LogP contribution in [-0.4, -0.2) is 16.0 Å². The number of halogens is 3. The minimum absolute atomic E-state index is 0.115. The second-order valence-corrected chi connectivity index (χ2v) is 5.31. The van der Waals surface area contributed by atoms with Gasteiger partial charge in [0.15, 0.2) is 5.84 Å². The minimum atomic E-state index is -0.115. The summed E-state index contributed by atoms with van der Waals surface area (Å²) in [6.07, 6.45) is 0. The molecule has 0 spiro atoms. The highest BCUT2D eigenvalue weighted by Gasteiger charge is 2.10. The molecule has 0 radical (unpaired) electrons. The first kappa shape index (κ1) is 14.9. The molecule has 0 unspecified atom stereocenters. The lowest BCUT2D eigenvalue weighted by Crippen LogP contribution is -2.14. The zero-order valence-corrected chi connectivity index (χ0v) is 12.9. The van der Waals surface area contributed by atoms with Crippen molar-refractivity contribution in [2.24, 2.45) is 10.9 Å². The molecular formula is C12H8BrCl2N3O2. The largest absolute Gasteiger partial charge is 0.437 e. The third-order valence-corrected chi connectivity index (χ3v) is 3.78. The van der Waals surface area contributed by atoms with E-state index in [1.807, 2.05) is 0 Å². The summed E-state index contributed by atoms with van der Waals surface area (Å²) < 4.78 is 6.20. The van der Waals surface area contributed by atoms with E-state index in [1.54, 1.807) is 30.3 Å². The molecule has 0 amide bonds. The average Bonchev–Trinajstić information content (AvgIpc) is 2.44. The van der Waals surface area contributed by atoms with Gasteiger partial charge in [0.05, 0.1) is 10.0 Å². The maximum Gasteiger partial charge on any atom is 0.219 e. The number of oxime groups is 1. The van der Waals surface area contributed by atoms with E-state index in [-0.39, 0.29) is 17.4 Å². The molecule has 0 saturated carbocycles. The predicted octanol–water partition coefficient (Wildman–Crippen LogP) is 4.04. The Morgan fingerprint density at radius 2 is 2.05 bits per heavy atom. The zero-order chi connectivity index (χ0) is 14.7. The van der Waals surface area contributed by atoms with E-state index in [9.17, 15) is 0 Å². The van der Waals surface area contributed by atoms with Gasteiger partial charge in [-0.25, -0.2) is 4.98 Å². The summed E-state index contributed by atoms with van der Waals surface area (Å²) in [5, 5.41) is 12.3. The van der Waals surface area contributed by atoms with Crippen LogP contribution < -0.4 is 10.5 Å². The number of hydrogen-bond donors (Lipinski definition) is 2. The van der Waals surface area contributed by atoms with Crippen LogP contribution in [0.2, 0.25) is 10.0 Å². The number of nitrogens with two attached hydrogens (primary N) is 1. The van der Waals surface area contributed by atoms with Crippen molar-refractivity contribution in [2.75, 3.05) is 0 Å². The van der Waals surface area contributed by atoms with Crippen LogP contribution in [0.15, 0.2) is 40.0 Å². The van der Waals surface area contributed by atoms with Gasteiger partial charge in [-0.05, 0) is 28.1 Å². The Balaban J connectivity index is 2.33. The van der Waals surface area contributed by atoms with Gasteiger partial charge in [0.25, 0.3) is 0 Å². The molecule has 0 bridgehead atoms. The molecule has 0 saturated heterocycles. The van der Waals surface area contributed by atoms with E-state index < -0.39 is 0 Å². The Kier molecular flexibility index (Phi) is 4.69. The molecule has 1 heterocycles. The number of amidine groups is 1. The van der Waals surface area contributed by atoms with Crippen molar-refractivity contribution in [3.8, 4) is 11.6 Å². The molecule has 2 aromatic rings. The van der Waals surface area contributed by atoms with Crippen molar-refractivity contribution in [1.29, 1.82) is 0 Å². The highest BCUT2D eigenvalue weighted by atomic mass is 79.9. The van der Waals surface area contributed by atoms with Crippen molar-refractivity contribution in [2.45, 2.75) is 0 Å². The molecule has 20 heavy (non-hydrogen) atoms. The van der Waals surface area contributed by atoms with E-state index in [0.29, 0.717) is 20.3 Å². The lowest BCUT2D eigenvalue weighted by atomic mass is 10.3. The van der Waals surface area contributed by atoms with Crippen LogP contribution in [-0.2, 0) is 0 Å². The number of nitrogens with zero attached hydrogens (tertiary/aromatic N) is 2. The number of pyridine rings is 1. The number of ether oxygens (including phenoxy) is 1. The minimum Gasteiger partial charge on any atom is -0.437 e. The van der Waals surface area contributed by atoms with Gasteiger partial charge in [-0.2, -0.15) is 0 Å². The summed E-state index contributed by atoms with van der Waals surface area (Å²) in [5.74, 6) is 0.480. The van der Waals surface area contributed by atoms with Gasteiger partial charge in [-0.3, -0.25) is 0 Å². The summed E-state index contributed by atoms with van der Waals surface area (Å²) in [4.78, 5) is 4.08. The van der Waals surface area contributed by atoms with Gasteiger partial charge in [0.1, 0.15) is 11.4 Å². The topological polar surface area (TPSA) is 80.7 Å². The SMILES string of the molecule is N/C(=N/O)c1cccc(Oc2cc(Cl)c(Br)cc2Cl)n1. The van der Waals surface area contributed by atoms with Crippen LogP contribution >= 0.6 is 39.1 Å². The summed E-state index contributed by atoms with van der Waals surface area (Å²) in [7, 11) is 0. The maximum absolute atomic E-state index is 8.62. The fourth-order valence-electron chi connectivity index (χ4n) is 1.36. The van der Waals surface area contributed by atoms with Crippen molar-refractivity contribution >= 4 is 45.0 Å². The lowest BCUT2D eigenvalue weighted by molar-refractivity contribution is 0.318. The molecule has 0 atom stereocenters. The number of hydrogen-bond acceptors (Lipinski definition) is 4. The van der Waals surface area contributed by atoms with E-state index in [2.05, 4.69) is 26.1 Å². The van der Waals surface area contributed by atoms with Crippen molar-refractivity contribution in [3.63, 3.8) is 0 Å². The summed E-state index contributed by atoms with van der Waals surface area (Å²) in [6, 6.07) is 8.03. The van der Waals surface area contributed by atoms with Gasteiger partial charge in [0.2, 0.25) is 5.88 Å². The van der Waals surface area contributed by atoms with Crippen LogP contribution in [0, 0.1) is 0 Å². The maximum atomic E-state index is 8.62. The molecule has 1 aromatic heterocycles. The Morgan fingerprint density at radius 1 is 1.30 bits per heavy atom. The van der Waals surface area contributed by atoms with E-state index in [0.717, 1.165) is 0 Å². The number of benzene rings is 1.